The molecule has 0 unspecified atom stereocenters. The Balaban J connectivity index is 1.55. The molecule has 4 aromatic rings. The Morgan fingerprint density at radius 2 is 1.73 bits per heavy atom. The number of para-hydroxylation sites is 2. The molecule has 5 rings (SSSR count). The average Bonchev–Trinajstić information content (AvgIpc) is 3.49. The van der Waals surface area contributed by atoms with Crippen LogP contribution in [0.15, 0.2) is 70.2 Å². The van der Waals surface area contributed by atoms with E-state index in [1.165, 1.54) is 32.7 Å². The molecule has 0 radical (unpaired) electrons. The number of anilines is 2. The minimum Gasteiger partial charge on any atom is -0.438 e. The van der Waals surface area contributed by atoms with Gasteiger partial charge in [0.15, 0.2) is 10.9 Å². The van der Waals surface area contributed by atoms with Crippen molar-refractivity contribution < 1.29 is 17.6 Å². The summed E-state index contributed by atoms with van der Waals surface area (Å²) < 4.78 is 34.0. The topological polar surface area (TPSA) is 83.7 Å². The fourth-order valence-electron chi connectivity index (χ4n) is 3.99. The van der Waals surface area contributed by atoms with Gasteiger partial charge < -0.3 is 4.42 Å². The van der Waals surface area contributed by atoms with Crippen LogP contribution in [0.25, 0.3) is 10.2 Å². The number of aromatic nitrogens is 1. The lowest BCUT2D eigenvalue weighted by molar-refractivity contribution is 0.0967. The molecule has 0 spiro atoms. The zero-order chi connectivity index (χ0) is 23.0. The normalized spacial score (nSPS) is 15.1. The monoisotopic (exact) mass is 481 g/mol. The van der Waals surface area contributed by atoms with Gasteiger partial charge in [-0.1, -0.05) is 48.1 Å². The number of carbonyl (C=O) groups excluding carboxylic acids is 1. The zero-order valence-corrected chi connectivity index (χ0v) is 19.7. The second kappa shape index (κ2) is 8.74. The Labute approximate surface area is 196 Å². The highest BCUT2D eigenvalue weighted by atomic mass is 32.2. The molecule has 1 aliphatic rings. The second-order valence-electron chi connectivity index (χ2n) is 7.97. The van der Waals surface area contributed by atoms with Crippen molar-refractivity contribution in [2.45, 2.75) is 31.3 Å². The van der Waals surface area contributed by atoms with Gasteiger partial charge in [0.25, 0.3) is 15.9 Å². The van der Waals surface area contributed by atoms with E-state index in [0.717, 1.165) is 35.0 Å². The van der Waals surface area contributed by atoms with Gasteiger partial charge in [0.1, 0.15) is 0 Å². The summed E-state index contributed by atoms with van der Waals surface area (Å²) in [6, 6.07) is 18.0. The number of furan rings is 1. The van der Waals surface area contributed by atoms with Crippen LogP contribution < -0.4 is 4.90 Å². The summed E-state index contributed by atoms with van der Waals surface area (Å²) in [4.78, 5) is 19.8. The number of benzene rings is 2. The van der Waals surface area contributed by atoms with E-state index in [4.69, 9.17) is 4.42 Å². The lowest BCUT2D eigenvalue weighted by Gasteiger charge is -2.24. The molecule has 3 heterocycles. The summed E-state index contributed by atoms with van der Waals surface area (Å²) in [7, 11) is -3.78. The molecule has 7 nitrogen and oxygen atoms in total. The zero-order valence-electron chi connectivity index (χ0n) is 18.1. The smallest absolute Gasteiger partial charge is 0.300 e. The number of aryl methyl sites for hydroxylation is 1. The van der Waals surface area contributed by atoms with E-state index < -0.39 is 15.9 Å². The van der Waals surface area contributed by atoms with Crippen LogP contribution in [0.3, 0.4) is 0 Å². The van der Waals surface area contributed by atoms with Crippen molar-refractivity contribution in [1.82, 2.24) is 9.29 Å². The molecule has 2 aromatic heterocycles. The largest absolute Gasteiger partial charge is 0.438 e. The van der Waals surface area contributed by atoms with Gasteiger partial charge in [-0.25, -0.2) is 18.3 Å². The van der Waals surface area contributed by atoms with Gasteiger partial charge in [0.05, 0.1) is 15.9 Å². The van der Waals surface area contributed by atoms with Crippen LogP contribution in [0.2, 0.25) is 0 Å². The number of carbonyl (C=O) groups is 1. The van der Waals surface area contributed by atoms with Crippen LogP contribution in [-0.4, -0.2) is 36.7 Å². The molecule has 0 saturated carbocycles. The maximum absolute atomic E-state index is 13.7. The Morgan fingerprint density at radius 1 is 1.00 bits per heavy atom. The molecular weight excluding hydrogens is 458 g/mol. The van der Waals surface area contributed by atoms with Crippen molar-refractivity contribution in [2.24, 2.45) is 0 Å². The number of hydrogen-bond acceptors (Lipinski definition) is 6. The Bertz CT molecular complexity index is 1390. The predicted molar refractivity (Wildman–Crippen MR) is 129 cm³/mol. The maximum atomic E-state index is 13.7. The van der Waals surface area contributed by atoms with Gasteiger partial charge in [0, 0.05) is 13.1 Å². The molecular formula is C24H23N3O4S2. The van der Waals surface area contributed by atoms with Crippen molar-refractivity contribution >= 4 is 48.3 Å². The summed E-state index contributed by atoms with van der Waals surface area (Å²) in [5.74, 6) is -0.517. The standard InChI is InChI=1S/C24H23N3O4S2/c1-17-9-3-5-11-19(17)27(24-25-18-10-4-6-12-21(18)32-24)23(28)20-13-14-22(31-20)33(29,30)26-15-7-2-8-16-26/h3-6,9-14H,2,7-8,15-16H2,1H3. The number of sulfonamides is 1. The van der Waals surface area contributed by atoms with Crippen molar-refractivity contribution in [3.05, 3.63) is 72.0 Å². The first-order chi connectivity index (χ1) is 15.9. The van der Waals surface area contributed by atoms with Gasteiger partial charge in [-0.05, 0) is 55.7 Å². The highest BCUT2D eigenvalue weighted by Gasteiger charge is 2.32. The first-order valence-corrected chi connectivity index (χ1v) is 13.1. The second-order valence-corrected chi connectivity index (χ2v) is 10.9. The highest BCUT2D eigenvalue weighted by molar-refractivity contribution is 7.89. The molecule has 2 aromatic carbocycles. The number of fused-ring (bicyclic) bond motifs is 1. The third-order valence-electron chi connectivity index (χ3n) is 5.73. The van der Waals surface area contributed by atoms with E-state index in [2.05, 4.69) is 4.98 Å². The van der Waals surface area contributed by atoms with Crippen LogP contribution in [0, 0.1) is 6.92 Å². The van der Waals surface area contributed by atoms with Gasteiger partial charge in [0.2, 0.25) is 5.09 Å². The van der Waals surface area contributed by atoms with E-state index in [9.17, 15) is 13.2 Å². The molecule has 1 amide bonds. The van der Waals surface area contributed by atoms with Gasteiger partial charge in [-0.2, -0.15) is 4.31 Å². The highest BCUT2D eigenvalue weighted by Crippen LogP contribution is 2.36. The van der Waals surface area contributed by atoms with Gasteiger partial charge >= 0.3 is 0 Å². The number of nitrogens with zero attached hydrogens (tertiary/aromatic N) is 3. The van der Waals surface area contributed by atoms with Gasteiger partial charge in [-0.15, -0.1) is 0 Å². The Kier molecular flexibility index (Phi) is 5.77. The predicted octanol–water partition coefficient (Wildman–Crippen LogP) is 5.35. The summed E-state index contributed by atoms with van der Waals surface area (Å²) in [6.45, 7) is 2.85. The summed E-state index contributed by atoms with van der Waals surface area (Å²) in [5.41, 5.74) is 2.34. The number of hydrogen-bond donors (Lipinski definition) is 0. The fourth-order valence-corrected chi connectivity index (χ4v) is 6.39. The minimum atomic E-state index is -3.78. The number of piperidine rings is 1. The molecule has 0 N–H and O–H groups in total. The van der Waals surface area contributed by atoms with Crippen molar-refractivity contribution in [3.63, 3.8) is 0 Å². The lowest BCUT2D eigenvalue weighted by atomic mass is 10.2. The van der Waals surface area contributed by atoms with Gasteiger partial charge in [-0.3, -0.25) is 4.79 Å². The van der Waals surface area contributed by atoms with E-state index in [1.807, 2.05) is 55.5 Å². The molecule has 170 valence electrons. The van der Waals surface area contributed by atoms with E-state index in [0.29, 0.717) is 23.9 Å². The van der Waals surface area contributed by atoms with Crippen molar-refractivity contribution in [1.29, 1.82) is 0 Å². The maximum Gasteiger partial charge on any atom is 0.300 e. The molecule has 33 heavy (non-hydrogen) atoms. The number of thiazole rings is 1. The number of amides is 1. The van der Waals surface area contributed by atoms with Crippen molar-refractivity contribution in [2.75, 3.05) is 18.0 Å². The molecule has 1 fully saturated rings. The quantitative estimate of drug-likeness (QED) is 0.384. The van der Waals surface area contributed by atoms with E-state index in [-0.39, 0.29) is 10.9 Å². The minimum absolute atomic E-state index is 0.0481. The van der Waals surface area contributed by atoms with E-state index in [1.54, 1.807) is 0 Å². The Morgan fingerprint density at radius 3 is 2.48 bits per heavy atom. The van der Waals surface area contributed by atoms with Crippen molar-refractivity contribution in [3.8, 4) is 0 Å². The lowest BCUT2D eigenvalue weighted by Crippen LogP contribution is -2.35. The summed E-state index contributed by atoms with van der Waals surface area (Å²) >= 11 is 1.39. The van der Waals surface area contributed by atoms with Crippen LogP contribution in [0.5, 0.6) is 0 Å². The Hall–Kier alpha value is -3.01. The number of rotatable bonds is 5. The van der Waals surface area contributed by atoms with Crippen LogP contribution in [0.1, 0.15) is 35.4 Å². The fraction of sp³-hybridized carbons (Fsp3) is 0.250. The molecule has 0 atom stereocenters. The first kappa shape index (κ1) is 21.8. The molecule has 1 saturated heterocycles. The van der Waals surface area contributed by atoms with Crippen LogP contribution in [0.4, 0.5) is 10.8 Å². The SMILES string of the molecule is Cc1ccccc1N(C(=O)c1ccc(S(=O)(=O)N2CCCCC2)o1)c1nc2ccccc2s1. The third-order valence-corrected chi connectivity index (χ3v) is 8.53. The summed E-state index contributed by atoms with van der Waals surface area (Å²) in [6.07, 6.45) is 2.66. The molecule has 9 heteroatoms. The van der Waals surface area contributed by atoms with Crippen LogP contribution >= 0.6 is 11.3 Å². The first-order valence-electron chi connectivity index (χ1n) is 10.8. The van der Waals surface area contributed by atoms with E-state index >= 15 is 0 Å². The average molecular weight is 482 g/mol. The molecule has 0 aliphatic carbocycles. The molecule has 0 bridgehead atoms. The molecule has 1 aliphatic heterocycles. The summed E-state index contributed by atoms with van der Waals surface area (Å²) in [5, 5.41) is 0.286. The van der Waals surface area contributed by atoms with Crippen LogP contribution in [-0.2, 0) is 10.0 Å². The third kappa shape index (κ3) is 4.07.